The summed E-state index contributed by atoms with van der Waals surface area (Å²) in [5.41, 5.74) is 0.661. The molecule has 0 saturated heterocycles. The second kappa shape index (κ2) is 5.92. The molecule has 0 amide bonds. The van der Waals surface area contributed by atoms with Crippen molar-refractivity contribution in [2.24, 2.45) is 5.92 Å². The van der Waals surface area contributed by atoms with Crippen LogP contribution in [-0.4, -0.2) is 6.54 Å². The molecule has 1 aromatic rings. The lowest BCUT2D eigenvalue weighted by Crippen LogP contribution is -2.23. The van der Waals surface area contributed by atoms with E-state index in [1.54, 1.807) is 0 Å². The van der Waals surface area contributed by atoms with E-state index in [1.807, 2.05) is 0 Å². The molecule has 1 nitrogen and oxygen atoms in total. The van der Waals surface area contributed by atoms with Gasteiger partial charge in [0.05, 0.1) is 0 Å². The molecule has 0 spiro atoms. The molecule has 1 aliphatic carbocycles. The number of halogens is 2. The zero-order valence-corrected chi connectivity index (χ0v) is 9.76. The molecular formula is C14H17F2N. The topological polar surface area (TPSA) is 12.0 Å². The van der Waals surface area contributed by atoms with E-state index in [0.717, 1.165) is 25.5 Å². The zero-order valence-electron chi connectivity index (χ0n) is 9.76. The number of nitrogens with one attached hydrogen (secondary N) is 1. The number of benzene rings is 1. The maximum absolute atomic E-state index is 12.9. The standard InChI is InChI=1S/C14H17F2N/c15-13-6-12(7-14(16)8-13)10-17-9-11-4-2-1-3-5-11/h1-2,6-8,11,17H,3-5,9-10H2. The van der Waals surface area contributed by atoms with Gasteiger partial charge in [-0.15, -0.1) is 0 Å². The predicted molar refractivity (Wildman–Crippen MR) is 64.5 cm³/mol. The fourth-order valence-electron chi connectivity index (χ4n) is 2.18. The first-order chi connectivity index (χ1) is 8.24. The van der Waals surface area contributed by atoms with Crippen molar-refractivity contribution in [3.8, 4) is 0 Å². The Morgan fingerprint density at radius 2 is 1.88 bits per heavy atom. The summed E-state index contributed by atoms with van der Waals surface area (Å²) in [5.74, 6) is -0.372. The summed E-state index contributed by atoms with van der Waals surface area (Å²) < 4.78 is 25.9. The van der Waals surface area contributed by atoms with Gasteiger partial charge in [-0.3, -0.25) is 0 Å². The third-order valence-corrected chi connectivity index (χ3v) is 3.06. The van der Waals surface area contributed by atoms with Crippen LogP contribution in [-0.2, 0) is 6.54 Å². The van der Waals surface area contributed by atoms with Gasteiger partial charge in [0.15, 0.2) is 0 Å². The SMILES string of the molecule is Fc1cc(F)cc(CNCC2CC=CCC2)c1. The molecule has 0 fully saturated rings. The smallest absolute Gasteiger partial charge is 0.126 e. The molecule has 2 rings (SSSR count). The van der Waals surface area contributed by atoms with Gasteiger partial charge in [0.25, 0.3) is 0 Å². The van der Waals surface area contributed by atoms with Gasteiger partial charge in [0.1, 0.15) is 11.6 Å². The Hall–Kier alpha value is -1.22. The maximum atomic E-state index is 12.9. The second-order valence-corrected chi connectivity index (χ2v) is 4.56. The van der Waals surface area contributed by atoms with Crippen molar-refractivity contribution in [3.63, 3.8) is 0 Å². The van der Waals surface area contributed by atoms with Crippen LogP contribution >= 0.6 is 0 Å². The molecule has 0 aliphatic heterocycles. The number of allylic oxidation sites excluding steroid dienone is 2. The molecule has 1 aromatic carbocycles. The Labute approximate surface area is 101 Å². The highest BCUT2D eigenvalue weighted by Crippen LogP contribution is 2.17. The highest BCUT2D eigenvalue weighted by molar-refractivity contribution is 5.17. The molecule has 0 saturated carbocycles. The first-order valence-electron chi connectivity index (χ1n) is 6.05. The molecule has 0 radical (unpaired) electrons. The van der Waals surface area contributed by atoms with E-state index >= 15 is 0 Å². The Kier molecular flexibility index (Phi) is 4.26. The van der Waals surface area contributed by atoms with Crippen molar-refractivity contribution in [1.82, 2.24) is 5.32 Å². The summed E-state index contributed by atoms with van der Waals surface area (Å²) >= 11 is 0. The van der Waals surface area contributed by atoms with E-state index < -0.39 is 11.6 Å². The van der Waals surface area contributed by atoms with Crippen molar-refractivity contribution in [2.45, 2.75) is 25.8 Å². The third kappa shape index (κ3) is 3.93. The van der Waals surface area contributed by atoms with E-state index in [0.29, 0.717) is 18.0 Å². The largest absolute Gasteiger partial charge is 0.312 e. The zero-order chi connectivity index (χ0) is 12.1. The predicted octanol–water partition coefficient (Wildman–Crippen LogP) is 3.41. The molecule has 0 heterocycles. The number of rotatable bonds is 4. The summed E-state index contributed by atoms with van der Waals surface area (Å²) in [6, 6.07) is 3.64. The Morgan fingerprint density at radius 1 is 1.12 bits per heavy atom. The highest BCUT2D eigenvalue weighted by Gasteiger charge is 2.09. The van der Waals surface area contributed by atoms with Gasteiger partial charge in [-0.1, -0.05) is 12.2 Å². The molecule has 1 unspecified atom stereocenters. The van der Waals surface area contributed by atoms with Crippen LogP contribution in [0.4, 0.5) is 8.78 Å². The monoisotopic (exact) mass is 237 g/mol. The fraction of sp³-hybridized carbons (Fsp3) is 0.429. The van der Waals surface area contributed by atoms with E-state index in [9.17, 15) is 8.78 Å². The minimum Gasteiger partial charge on any atom is -0.312 e. The van der Waals surface area contributed by atoms with Crippen LogP contribution < -0.4 is 5.32 Å². The van der Waals surface area contributed by atoms with Crippen LogP contribution in [0.15, 0.2) is 30.4 Å². The van der Waals surface area contributed by atoms with E-state index in [2.05, 4.69) is 17.5 Å². The normalized spacial score (nSPS) is 19.5. The van der Waals surface area contributed by atoms with Crippen LogP contribution in [0.25, 0.3) is 0 Å². The van der Waals surface area contributed by atoms with Gasteiger partial charge in [-0.25, -0.2) is 8.78 Å². The van der Waals surface area contributed by atoms with Crippen LogP contribution in [0.2, 0.25) is 0 Å². The summed E-state index contributed by atoms with van der Waals surface area (Å²) in [5, 5.41) is 3.26. The van der Waals surface area contributed by atoms with E-state index in [1.165, 1.54) is 18.6 Å². The van der Waals surface area contributed by atoms with Crippen LogP contribution in [0, 0.1) is 17.6 Å². The Morgan fingerprint density at radius 3 is 2.53 bits per heavy atom. The van der Waals surface area contributed by atoms with Gasteiger partial charge in [0, 0.05) is 12.6 Å². The van der Waals surface area contributed by atoms with Crippen molar-refractivity contribution >= 4 is 0 Å². The number of hydrogen-bond donors (Lipinski definition) is 1. The van der Waals surface area contributed by atoms with Gasteiger partial charge in [-0.05, 0) is 49.4 Å². The summed E-state index contributed by atoms with van der Waals surface area (Å²) in [6.45, 7) is 1.43. The lowest BCUT2D eigenvalue weighted by molar-refractivity contribution is 0.440. The minimum absolute atomic E-state index is 0.512. The van der Waals surface area contributed by atoms with E-state index in [4.69, 9.17) is 0 Å². The van der Waals surface area contributed by atoms with E-state index in [-0.39, 0.29) is 0 Å². The quantitative estimate of drug-likeness (QED) is 0.791. The maximum Gasteiger partial charge on any atom is 0.126 e. The average Bonchev–Trinajstić information content (AvgIpc) is 2.29. The molecule has 0 bridgehead atoms. The molecule has 17 heavy (non-hydrogen) atoms. The highest BCUT2D eigenvalue weighted by atomic mass is 19.1. The molecule has 92 valence electrons. The van der Waals surface area contributed by atoms with Gasteiger partial charge in [0.2, 0.25) is 0 Å². The summed E-state index contributed by atoms with van der Waals surface area (Å²) in [6.07, 6.45) is 7.85. The van der Waals surface area contributed by atoms with Gasteiger partial charge < -0.3 is 5.32 Å². The molecule has 0 aromatic heterocycles. The Bertz CT molecular complexity index is 381. The van der Waals surface area contributed by atoms with Crippen molar-refractivity contribution in [1.29, 1.82) is 0 Å². The lowest BCUT2D eigenvalue weighted by atomic mass is 9.94. The van der Waals surface area contributed by atoms with Crippen LogP contribution in [0.1, 0.15) is 24.8 Å². The fourth-order valence-corrected chi connectivity index (χ4v) is 2.18. The third-order valence-electron chi connectivity index (χ3n) is 3.06. The average molecular weight is 237 g/mol. The lowest BCUT2D eigenvalue weighted by Gasteiger charge is -2.18. The first kappa shape index (κ1) is 12.2. The van der Waals surface area contributed by atoms with Gasteiger partial charge in [-0.2, -0.15) is 0 Å². The second-order valence-electron chi connectivity index (χ2n) is 4.56. The molecule has 1 atom stereocenters. The molecule has 1 N–H and O–H groups in total. The van der Waals surface area contributed by atoms with Crippen LogP contribution in [0.3, 0.4) is 0 Å². The summed E-state index contributed by atoms with van der Waals surface area (Å²) in [7, 11) is 0. The number of hydrogen-bond acceptors (Lipinski definition) is 1. The minimum atomic E-state index is -0.512. The first-order valence-corrected chi connectivity index (χ1v) is 6.05. The Balaban J connectivity index is 1.79. The molecule has 3 heteroatoms. The van der Waals surface area contributed by atoms with Crippen molar-refractivity contribution in [3.05, 3.63) is 47.5 Å². The van der Waals surface area contributed by atoms with Crippen molar-refractivity contribution in [2.75, 3.05) is 6.54 Å². The summed E-state index contributed by atoms with van der Waals surface area (Å²) in [4.78, 5) is 0. The van der Waals surface area contributed by atoms with Gasteiger partial charge >= 0.3 is 0 Å². The molecular weight excluding hydrogens is 220 g/mol. The van der Waals surface area contributed by atoms with Crippen LogP contribution in [0.5, 0.6) is 0 Å². The molecule has 1 aliphatic rings. The van der Waals surface area contributed by atoms with Crippen molar-refractivity contribution < 1.29 is 8.78 Å².